The zero-order valence-corrected chi connectivity index (χ0v) is 13.5. The van der Waals surface area contributed by atoms with Crippen LogP contribution in [0, 0.1) is 5.82 Å². The molecule has 0 radical (unpaired) electrons. The van der Waals surface area contributed by atoms with Gasteiger partial charge in [-0.25, -0.2) is 4.39 Å². The maximum absolute atomic E-state index is 12.8. The number of halogens is 2. The Labute approximate surface area is 133 Å². The molecule has 1 atom stereocenters. The number of hydrogen-bond acceptors (Lipinski definition) is 1. The number of carbonyl (C=O) groups excluding carboxylic acids is 1. The van der Waals surface area contributed by atoms with Crippen LogP contribution in [0.15, 0.2) is 24.3 Å². The van der Waals surface area contributed by atoms with Gasteiger partial charge in [0.15, 0.2) is 5.78 Å². The van der Waals surface area contributed by atoms with E-state index in [0.717, 1.165) is 19.0 Å². The predicted octanol–water partition coefficient (Wildman–Crippen LogP) is -0.360. The summed E-state index contributed by atoms with van der Waals surface area (Å²) in [6.45, 7) is 1.05. The molecule has 1 saturated carbocycles. The largest absolute Gasteiger partial charge is 1.00 e. The fourth-order valence-electron chi connectivity index (χ4n) is 3.11. The fourth-order valence-corrected chi connectivity index (χ4v) is 3.11. The summed E-state index contributed by atoms with van der Waals surface area (Å²) in [6.07, 6.45) is 8.24. The molecule has 1 N–H and O–H groups in total. The number of Topliss-reactive ketones (excluding diaryl/α,β-unsaturated/α-hetero) is 1. The van der Waals surface area contributed by atoms with Crippen LogP contribution < -0.4 is 17.3 Å². The minimum Gasteiger partial charge on any atom is -1.00 e. The highest BCUT2D eigenvalue weighted by Crippen LogP contribution is 2.15. The molecule has 1 fully saturated rings. The molecule has 2 rings (SSSR count). The standard InChI is InChI=1S/C17H24FNO.ClH/c1-19(16-6-3-2-4-7-16)13-5-8-17(20)14-9-11-15(18)12-10-14;/h9-12,16H,2-8,13H2,1H3;1H. The second kappa shape index (κ2) is 9.16. The first-order chi connectivity index (χ1) is 9.66. The van der Waals surface area contributed by atoms with Gasteiger partial charge in [0.25, 0.3) is 0 Å². The summed E-state index contributed by atoms with van der Waals surface area (Å²) < 4.78 is 12.8. The van der Waals surface area contributed by atoms with Crippen molar-refractivity contribution in [3.63, 3.8) is 0 Å². The Kier molecular flexibility index (Phi) is 7.91. The second-order valence-electron chi connectivity index (χ2n) is 5.96. The third-order valence-corrected chi connectivity index (χ3v) is 4.44. The zero-order valence-electron chi connectivity index (χ0n) is 12.7. The van der Waals surface area contributed by atoms with Gasteiger partial charge in [-0.15, -0.1) is 0 Å². The predicted molar refractivity (Wildman–Crippen MR) is 78.6 cm³/mol. The van der Waals surface area contributed by atoms with Gasteiger partial charge in [-0.05, 0) is 49.9 Å². The molecule has 118 valence electrons. The molecule has 1 aliphatic rings. The monoisotopic (exact) mass is 313 g/mol. The SMILES string of the molecule is C[NH+](CCCC(=O)c1ccc(F)cc1)C1CCCCC1.[Cl-]. The maximum atomic E-state index is 12.8. The third-order valence-electron chi connectivity index (χ3n) is 4.44. The van der Waals surface area contributed by atoms with Crippen LogP contribution in [0.5, 0.6) is 0 Å². The number of carbonyl (C=O) groups is 1. The van der Waals surface area contributed by atoms with E-state index in [1.165, 1.54) is 44.2 Å². The molecule has 0 aliphatic heterocycles. The van der Waals surface area contributed by atoms with Crippen molar-refractivity contribution in [2.24, 2.45) is 0 Å². The molecule has 4 heteroatoms. The van der Waals surface area contributed by atoms with Crippen molar-refractivity contribution in [1.29, 1.82) is 0 Å². The van der Waals surface area contributed by atoms with Crippen molar-refractivity contribution >= 4 is 5.78 Å². The second-order valence-corrected chi connectivity index (χ2v) is 5.96. The Morgan fingerprint density at radius 2 is 1.81 bits per heavy atom. The van der Waals surface area contributed by atoms with Crippen molar-refractivity contribution in [2.75, 3.05) is 13.6 Å². The van der Waals surface area contributed by atoms with E-state index in [1.54, 1.807) is 17.0 Å². The topological polar surface area (TPSA) is 21.5 Å². The van der Waals surface area contributed by atoms with Gasteiger partial charge < -0.3 is 17.3 Å². The minimum atomic E-state index is -0.289. The van der Waals surface area contributed by atoms with Crippen LogP contribution in [-0.4, -0.2) is 25.4 Å². The molecule has 0 heterocycles. The first-order valence-electron chi connectivity index (χ1n) is 7.78. The number of ketones is 1. The Morgan fingerprint density at radius 3 is 2.43 bits per heavy atom. The van der Waals surface area contributed by atoms with Crippen LogP contribution in [0.4, 0.5) is 4.39 Å². The molecule has 0 aromatic heterocycles. The van der Waals surface area contributed by atoms with Crippen molar-refractivity contribution in [2.45, 2.75) is 51.0 Å². The van der Waals surface area contributed by atoms with Crippen LogP contribution in [-0.2, 0) is 0 Å². The van der Waals surface area contributed by atoms with E-state index < -0.39 is 0 Å². The minimum absolute atomic E-state index is 0. The van der Waals surface area contributed by atoms with Gasteiger partial charge in [-0.2, -0.15) is 0 Å². The lowest BCUT2D eigenvalue weighted by molar-refractivity contribution is -0.907. The summed E-state index contributed by atoms with van der Waals surface area (Å²) in [5, 5.41) is 0. The molecule has 0 saturated heterocycles. The van der Waals surface area contributed by atoms with Gasteiger partial charge in [0, 0.05) is 18.4 Å². The van der Waals surface area contributed by atoms with Crippen LogP contribution in [0.25, 0.3) is 0 Å². The molecule has 0 amide bonds. The molecule has 1 unspecified atom stereocenters. The normalized spacial score (nSPS) is 17.0. The number of benzene rings is 1. The van der Waals surface area contributed by atoms with E-state index in [1.807, 2.05) is 0 Å². The highest BCUT2D eigenvalue weighted by atomic mass is 35.5. The van der Waals surface area contributed by atoms with E-state index >= 15 is 0 Å². The first kappa shape index (κ1) is 18.1. The first-order valence-corrected chi connectivity index (χ1v) is 7.78. The fraction of sp³-hybridized carbons (Fsp3) is 0.588. The van der Waals surface area contributed by atoms with Crippen LogP contribution in [0.2, 0.25) is 0 Å². The van der Waals surface area contributed by atoms with Gasteiger partial charge >= 0.3 is 0 Å². The highest BCUT2D eigenvalue weighted by Gasteiger charge is 2.21. The third kappa shape index (κ3) is 5.76. The van der Waals surface area contributed by atoms with E-state index in [4.69, 9.17) is 0 Å². The van der Waals surface area contributed by atoms with Crippen LogP contribution in [0.3, 0.4) is 0 Å². The smallest absolute Gasteiger partial charge is 0.163 e. The van der Waals surface area contributed by atoms with Gasteiger partial charge in [0.2, 0.25) is 0 Å². The van der Waals surface area contributed by atoms with Gasteiger partial charge in [-0.1, -0.05) is 6.42 Å². The van der Waals surface area contributed by atoms with Crippen molar-refractivity contribution in [3.05, 3.63) is 35.6 Å². The van der Waals surface area contributed by atoms with E-state index in [9.17, 15) is 9.18 Å². The average Bonchev–Trinajstić information content (AvgIpc) is 2.48. The van der Waals surface area contributed by atoms with Crippen molar-refractivity contribution < 1.29 is 26.5 Å². The number of quaternary nitrogens is 1. The van der Waals surface area contributed by atoms with E-state index in [-0.39, 0.29) is 24.0 Å². The summed E-state index contributed by atoms with van der Waals surface area (Å²) in [7, 11) is 2.25. The van der Waals surface area contributed by atoms with Gasteiger partial charge in [0.1, 0.15) is 5.82 Å². The zero-order chi connectivity index (χ0) is 14.4. The summed E-state index contributed by atoms with van der Waals surface area (Å²) in [6, 6.07) is 6.65. The van der Waals surface area contributed by atoms with Gasteiger partial charge in [0.05, 0.1) is 19.6 Å². The molecule has 0 spiro atoms. The number of nitrogens with one attached hydrogen (secondary N) is 1. The van der Waals surface area contributed by atoms with Crippen molar-refractivity contribution in [1.82, 2.24) is 0 Å². The summed E-state index contributed by atoms with van der Waals surface area (Å²) in [5.74, 6) is -0.163. The summed E-state index contributed by atoms with van der Waals surface area (Å²) in [5.41, 5.74) is 0.627. The van der Waals surface area contributed by atoms with E-state index in [2.05, 4.69) is 7.05 Å². The lowest BCUT2D eigenvalue weighted by Gasteiger charge is -2.28. The highest BCUT2D eigenvalue weighted by molar-refractivity contribution is 5.95. The maximum Gasteiger partial charge on any atom is 0.163 e. The Morgan fingerprint density at radius 1 is 1.19 bits per heavy atom. The number of hydrogen-bond donors (Lipinski definition) is 1. The number of rotatable bonds is 6. The molecular weight excluding hydrogens is 289 g/mol. The lowest BCUT2D eigenvalue weighted by Crippen LogP contribution is -3.13. The lowest BCUT2D eigenvalue weighted by atomic mass is 9.94. The van der Waals surface area contributed by atoms with Crippen LogP contribution >= 0.6 is 0 Å². The molecule has 1 aromatic rings. The molecule has 1 aliphatic carbocycles. The molecule has 21 heavy (non-hydrogen) atoms. The molecule has 1 aromatic carbocycles. The Balaban J connectivity index is 0.00000220. The van der Waals surface area contributed by atoms with Crippen LogP contribution in [0.1, 0.15) is 55.3 Å². The quantitative estimate of drug-likeness (QED) is 0.712. The molecule has 2 nitrogen and oxygen atoms in total. The molecule has 0 bridgehead atoms. The average molecular weight is 314 g/mol. The summed E-state index contributed by atoms with van der Waals surface area (Å²) in [4.78, 5) is 13.5. The van der Waals surface area contributed by atoms with Gasteiger partial charge in [-0.3, -0.25) is 4.79 Å². The Hall–Kier alpha value is -0.930. The summed E-state index contributed by atoms with van der Waals surface area (Å²) >= 11 is 0. The van der Waals surface area contributed by atoms with Crippen molar-refractivity contribution in [3.8, 4) is 0 Å². The Bertz CT molecular complexity index is 429. The van der Waals surface area contributed by atoms with E-state index in [0.29, 0.717) is 12.0 Å². The molecular formula is C17H25ClFNO.